The fourth-order valence-corrected chi connectivity index (χ4v) is 2.61. The van der Waals surface area contributed by atoms with Crippen LogP contribution in [-0.2, 0) is 0 Å². The van der Waals surface area contributed by atoms with Gasteiger partial charge in [0.2, 0.25) is 0 Å². The smallest absolute Gasteiger partial charge is 0.496 e. The van der Waals surface area contributed by atoms with Crippen LogP contribution in [0.1, 0.15) is 19.3 Å². The van der Waals surface area contributed by atoms with Crippen LogP contribution in [0.3, 0.4) is 0 Å². The quantitative estimate of drug-likeness (QED) is 0.767. The summed E-state index contributed by atoms with van der Waals surface area (Å²) in [7, 11) is 0. The predicted octanol–water partition coefficient (Wildman–Crippen LogP) is 1.08. The Morgan fingerprint density at radius 3 is 2.38 bits per heavy atom. The number of rotatable bonds is 4. The van der Waals surface area contributed by atoms with E-state index in [0.29, 0.717) is 17.9 Å². The maximum Gasteiger partial charge on any atom is 1.00 e. The normalized spacial score (nSPS) is 15.4. The predicted molar refractivity (Wildman–Crippen MR) is 75.5 cm³/mol. The van der Waals surface area contributed by atoms with E-state index in [1.165, 1.54) is 12.1 Å². The van der Waals surface area contributed by atoms with Crippen LogP contribution in [-0.4, -0.2) is 13.6 Å². The van der Waals surface area contributed by atoms with Gasteiger partial charge in [0.1, 0.15) is 0 Å². The fraction of sp³-hybridized carbons (Fsp3) is 0.333. The monoisotopic (exact) mass is 318 g/mol. The molecule has 0 amide bonds. The second kappa shape index (κ2) is 7.05. The second-order valence-electron chi connectivity index (χ2n) is 5.38. The van der Waals surface area contributed by atoms with E-state index in [0.717, 1.165) is 19.3 Å². The van der Waals surface area contributed by atoms with Crippen LogP contribution >= 0.6 is 0 Å². The summed E-state index contributed by atoms with van der Waals surface area (Å²) >= 11 is 0. The summed E-state index contributed by atoms with van der Waals surface area (Å²) in [4.78, 5) is 0. The zero-order valence-electron chi connectivity index (χ0n) is 12.0. The minimum Gasteiger partial charge on any atom is -0.496 e. The molecule has 1 aliphatic rings. The van der Waals surface area contributed by atoms with Gasteiger partial charge in [-0.15, -0.1) is 0 Å². The Kier molecular flexibility index (Phi) is 5.82. The van der Waals surface area contributed by atoms with Crippen molar-refractivity contribution in [2.45, 2.75) is 19.3 Å². The molecule has 0 N–H and O–H groups in total. The summed E-state index contributed by atoms with van der Waals surface area (Å²) in [6, 6.07) is 9.71. The van der Waals surface area contributed by atoms with Gasteiger partial charge in [0.25, 0.3) is 0 Å². The van der Waals surface area contributed by atoms with Gasteiger partial charge in [-0.1, -0.05) is 42.2 Å². The third kappa shape index (κ3) is 3.85. The topological polar surface area (TPSA) is 9.23 Å². The summed E-state index contributed by atoms with van der Waals surface area (Å²) in [6.45, 7) is -4.71. The third-order valence-electron chi connectivity index (χ3n) is 3.96. The Bertz CT molecular complexity index is 626. The Balaban J connectivity index is 0.00000161. The van der Waals surface area contributed by atoms with Crippen molar-refractivity contribution in [3.63, 3.8) is 0 Å². The molecule has 6 heteroatoms. The van der Waals surface area contributed by atoms with Crippen molar-refractivity contribution >= 4 is 23.2 Å². The summed E-state index contributed by atoms with van der Waals surface area (Å²) in [6.07, 6.45) is 3.27. The van der Waals surface area contributed by atoms with Crippen molar-refractivity contribution < 1.29 is 69.1 Å². The molecule has 0 heterocycles. The molecule has 0 aliphatic heterocycles. The maximum atomic E-state index is 13.4. The van der Waals surface area contributed by atoms with Crippen LogP contribution in [0.4, 0.5) is 12.9 Å². The van der Waals surface area contributed by atoms with E-state index in [-0.39, 0.29) is 62.5 Å². The first-order valence-electron chi connectivity index (χ1n) is 6.90. The van der Waals surface area contributed by atoms with Gasteiger partial charge < -0.3 is 17.7 Å². The molecule has 0 atom stereocenters. The zero-order chi connectivity index (χ0) is 14.2. The minimum absolute atomic E-state index is 0. The van der Waals surface area contributed by atoms with Crippen LogP contribution < -0.4 is 61.6 Å². The minimum atomic E-state index is -5.09. The van der Waals surface area contributed by atoms with Crippen LogP contribution in [0.5, 0.6) is 5.75 Å². The zero-order valence-corrected chi connectivity index (χ0v) is 15.1. The fourth-order valence-electron chi connectivity index (χ4n) is 2.61. The summed E-state index contributed by atoms with van der Waals surface area (Å²) < 4.78 is 45.6. The number of hydrogen-bond acceptors (Lipinski definition) is 1. The molecular weight excluding hydrogens is 303 g/mol. The van der Waals surface area contributed by atoms with Gasteiger partial charge in [-0.3, -0.25) is 0 Å². The Labute approximate surface area is 164 Å². The average molecular weight is 318 g/mol. The van der Waals surface area contributed by atoms with E-state index in [1.54, 1.807) is 24.3 Å². The molecule has 0 spiro atoms. The van der Waals surface area contributed by atoms with E-state index in [1.807, 2.05) is 0 Å². The molecule has 0 bridgehead atoms. The molecular formula is C15H15BF3KO. The van der Waals surface area contributed by atoms with Crippen molar-refractivity contribution in [3.05, 3.63) is 36.4 Å². The average Bonchev–Trinajstić information content (AvgIpc) is 2.35. The van der Waals surface area contributed by atoms with Gasteiger partial charge in [0.05, 0.1) is 12.4 Å². The van der Waals surface area contributed by atoms with Crippen molar-refractivity contribution in [2.24, 2.45) is 5.92 Å². The van der Waals surface area contributed by atoms with Crippen LogP contribution in [0.15, 0.2) is 36.4 Å². The molecule has 106 valence electrons. The molecule has 0 saturated heterocycles. The van der Waals surface area contributed by atoms with E-state index in [4.69, 9.17) is 4.74 Å². The van der Waals surface area contributed by atoms with Gasteiger partial charge in [-0.25, -0.2) is 0 Å². The van der Waals surface area contributed by atoms with Crippen molar-refractivity contribution in [3.8, 4) is 5.75 Å². The SMILES string of the molecule is F[B-](F)(F)c1c(OCC2CCC2)ccc2ccccc12.[K+]. The maximum absolute atomic E-state index is 13.4. The third-order valence-corrected chi connectivity index (χ3v) is 3.96. The first-order valence-corrected chi connectivity index (χ1v) is 6.90. The largest absolute Gasteiger partial charge is 1.00 e. The molecule has 2 aromatic carbocycles. The molecule has 0 aromatic heterocycles. The van der Waals surface area contributed by atoms with E-state index in [2.05, 4.69) is 0 Å². The van der Waals surface area contributed by atoms with E-state index >= 15 is 0 Å². The van der Waals surface area contributed by atoms with Crippen molar-refractivity contribution in [1.29, 1.82) is 0 Å². The van der Waals surface area contributed by atoms with Crippen molar-refractivity contribution in [2.75, 3.05) is 6.61 Å². The van der Waals surface area contributed by atoms with Gasteiger partial charge >= 0.3 is 58.4 Å². The van der Waals surface area contributed by atoms with E-state index < -0.39 is 12.4 Å². The van der Waals surface area contributed by atoms with Gasteiger partial charge in [0, 0.05) is 0 Å². The first kappa shape index (κ1) is 17.3. The second-order valence-corrected chi connectivity index (χ2v) is 5.38. The van der Waals surface area contributed by atoms with Gasteiger partial charge in [-0.2, -0.15) is 0 Å². The Morgan fingerprint density at radius 2 is 1.76 bits per heavy atom. The van der Waals surface area contributed by atoms with Crippen LogP contribution in [0.2, 0.25) is 0 Å². The number of fused-ring (bicyclic) bond motifs is 1. The molecule has 21 heavy (non-hydrogen) atoms. The molecule has 0 radical (unpaired) electrons. The van der Waals surface area contributed by atoms with Crippen molar-refractivity contribution in [1.82, 2.24) is 0 Å². The number of ether oxygens (including phenoxy) is 1. The molecule has 3 rings (SSSR count). The molecule has 2 aromatic rings. The first-order chi connectivity index (χ1) is 9.55. The summed E-state index contributed by atoms with van der Waals surface area (Å²) in [5.74, 6) is 0.387. The summed E-state index contributed by atoms with van der Waals surface area (Å²) in [5, 5.41) is 0.823. The summed E-state index contributed by atoms with van der Waals surface area (Å²) in [5.41, 5.74) is -0.595. The molecule has 1 fully saturated rings. The van der Waals surface area contributed by atoms with E-state index in [9.17, 15) is 12.9 Å². The Hall–Kier alpha value is -0.00870. The molecule has 1 saturated carbocycles. The molecule has 0 unspecified atom stereocenters. The van der Waals surface area contributed by atoms with Gasteiger partial charge in [0.15, 0.2) is 0 Å². The van der Waals surface area contributed by atoms with Gasteiger partial charge in [-0.05, 0) is 35.6 Å². The van der Waals surface area contributed by atoms with Crippen LogP contribution in [0.25, 0.3) is 10.8 Å². The number of hydrogen-bond donors (Lipinski definition) is 0. The number of benzene rings is 2. The Morgan fingerprint density at radius 1 is 1.05 bits per heavy atom. The molecule has 1 nitrogen and oxygen atoms in total. The van der Waals surface area contributed by atoms with Crippen LogP contribution in [0, 0.1) is 5.92 Å². The number of halogens is 3. The standard InChI is InChI=1S/C15H15BF3O.K/c17-16(18,19)15-13-7-2-1-6-12(13)8-9-14(15)20-10-11-4-3-5-11;/h1-2,6-9,11H,3-5,10H2;/q-1;+1. The molecule has 1 aliphatic carbocycles.